The molecule has 6 nitrogen and oxygen atoms in total. The summed E-state index contributed by atoms with van der Waals surface area (Å²) in [6.07, 6.45) is 0.861. The Hall–Kier alpha value is -3.80. The van der Waals surface area contributed by atoms with Gasteiger partial charge in [0.15, 0.2) is 0 Å². The maximum absolute atomic E-state index is 13.5. The number of hydrogen-bond acceptors (Lipinski definition) is 2. The van der Waals surface area contributed by atoms with Crippen LogP contribution in [0.3, 0.4) is 0 Å². The number of carbonyl (C=O) groups is 2. The Bertz CT molecular complexity index is 1200. The smallest absolute Gasteiger partial charge is 0.320 e. The number of nitrogens with one attached hydrogen (secondary N) is 2. The minimum atomic E-state index is -0.340. The molecule has 1 fully saturated rings. The predicted molar refractivity (Wildman–Crippen MR) is 139 cm³/mol. The van der Waals surface area contributed by atoms with Crippen LogP contribution in [-0.4, -0.2) is 30.1 Å². The van der Waals surface area contributed by atoms with Crippen LogP contribution < -0.4 is 15.5 Å². The van der Waals surface area contributed by atoms with Crippen LogP contribution in [0.25, 0.3) is 0 Å². The van der Waals surface area contributed by atoms with Crippen LogP contribution in [0.4, 0.5) is 26.7 Å². The van der Waals surface area contributed by atoms with Crippen LogP contribution in [0.1, 0.15) is 34.2 Å². The molecule has 1 aliphatic rings. The number of aryl methyl sites for hydroxylation is 4. The van der Waals surface area contributed by atoms with Gasteiger partial charge >= 0.3 is 12.1 Å². The van der Waals surface area contributed by atoms with E-state index in [1.54, 1.807) is 4.90 Å². The second-order valence-corrected chi connectivity index (χ2v) is 9.11. The highest BCUT2D eigenvalue weighted by atomic mass is 16.2. The zero-order valence-electron chi connectivity index (χ0n) is 20.3. The Balaban J connectivity index is 1.53. The normalized spacial score (nSPS) is 13.7. The molecule has 2 N–H and O–H groups in total. The molecule has 0 radical (unpaired) electrons. The second kappa shape index (κ2) is 10.00. The molecule has 3 aromatic carbocycles. The highest BCUT2D eigenvalue weighted by Crippen LogP contribution is 2.31. The fraction of sp³-hybridized carbons (Fsp3) is 0.286. The van der Waals surface area contributed by atoms with E-state index in [1.165, 1.54) is 11.1 Å². The summed E-state index contributed by atoms with van der Waals surface area (Å²) in [6.45, 7) is 10.0. The average molecular weight is 457 g/mol. The summed E-state index contributed by atoms with van der Waals surface area (Å²) in [4.78, 5) is 29.9. The molecular formula is C28H32N4O2. The van der Waals surface area contributed by atoms with Crippen LogP contribution in [0.5, 0.6) is 0 Å². The van der Waals surface area contributed by atoms with E-state index in [2.05, 4.69) is 42.7 Å². The van der Waals surface area contributed by atoms with E-state index in [9.17, 15) is 9.59 Å². The van der Waals surface area contributed by atoms with Crippen LogP contribution in [0.15, 0.2) is 60.7 Å². The van der Waals surface area contributed by atoms with Crippen molar-refractivity contribution in [3.63, 3.8) is 0 Å². The van der Waals surface area contributed by atoms with Crippen LogP contribution in [0, 0.1) is 27.7 Å². The van der Waals surface area contributed by atoms with Gasteiger partial charge in [-0.25, -0.2) is 9.59 Å². The second-order valence-electron chi connectivity index (χ2n) is 9.11. The van der Waals surface area contributed by atoms with Crippen molar-refractivity contribution in [2.45, 2.75) is 40.7 Å². The predicted octanol–water partition coefficient (Wildman–Crippen LogP) is 6.40. The molecule has 0 bridgehead atoms. The summed E-state index contributed by atoms with van der Waals surface area (Å²) in [5, 5.41) is 5.82. The van der Waals surface area contributed by atoms with Crippen molar-refractivity contribution in [3.8, 4) is 0 Å². The molecule has 34 heavy (non-hydrogen) atoms. The molecule has 1 saturated heterocycles. The molecule has 4 amide bonds. The van der Waals surface area contributed by atoms with Gasteiger partial charge in [-0.1, -0.05) is 47.5 Å². The van der Waals surface area contributed by atoms with Crippen molar-refractivity contribution in [2.24, 2.45) is 0 Å². The Morgan fingerprint density at radius 2 is 1.50 bits per heavy atom. The zero-order chi connectivity index (χ0) is 24.2. The van der Waals surface area contributed by atoms with E-state index in [0.717, 1.165) is 23.1 Å². The third-order valence-corrected chi connectivity index (χ3v) is 6.18. The Kier molecular flexibility index (Phi) is 6.87. The molecule has 1 aliphatic heterocycles. The van der Waals surface area contributed by atoms with Gasteiger partial charge in [-0.3, -0.25) is 4.90 Å². The van der Waals surface area contributed by atoms with Crippen molar-refractivity contribution >= 4 is 29.1 Å². The Morgan fingerprint density at radius 1 is 0.824 bits per heavy atom. The third-order valence-electron chi connectivity index (χ3n) is 6.18. The molecule has 0 atom stereocenters. The molecule has 0 aliphatic carbocycles. The number of nitrogens with zero attached hydrogens (tertiary/aromatic N) is 2. The van der Waals surface area contributed by atoms with Crippen molar-refractivity contribution in [1.82, 2.24) is 4.90 Å². The van der Waals surface area contributed by atoms with Gasteiger partial charge in [-0.15, -0.1) is 0 Å². The lowest BCUT2D eigenvalue weighted by atomic mass is 10.0. The molecule has 0 unspecified atom stereocenters. The first-order valence-electron chi connectivity index (χ1n) is 11.7. The van der Waals surface area contributed by atoms with E-state index < -0.39 is 0 Å². The van der Waals surface area contributed by atoms with Gasteiger partial charge in [0.05, 0.1) is 11.4 Å². The van der Waals surface area contributed by atoms with Crippen LogP contribution in [-0.2, 0) is 6.54 Å². The SMILES string of the molecule is Cc1ccc(NC(=O)Nc2cc(C)ccc2N2CCCN(Cc3cc(C)ccc3C)C2=O)cc1. The lowest BCUT2D eigenvalue weighted by Gasteiger charge is -2.37. The lowest BCUT2D eigenvalue weighted by Crippen LogP contribution is -2.49. The van der Waals surface area contributed by atoms with E-state index in [0.29, 0.717) is 36.7 Å². The number of urea groups is 2. The number of rotatable bonds is 5. The van der Waals surface area contributed by atoms with Crippen molar-refractivity contribution in [1.29, 1.82) is 0 Å². The van der Waals surface area contributed by atoms with Crippen LogP contribution >= 0.6 is 0 Å². The summed E-state index contributed by atoms with van der Waals surface area (Å²) in [5.74, 6) is 0. The van der Waals surface area contributed by atoms with Gasteiger partial charge in [0.1, 0.15) is 0 Å². The molecule has 0 spiro atoms. The van der Waals surface area contributed by atoms with E-state index in [1.807, 2.05) is 61.2 Å². The first-order valence-corrected chi connectivity index (χ1v) is 11.7. The molecular weight excluding hydrogens is 424 g/mol. The molecule has 0 aromatic heterocycles. The van der Waals surface area contributed by atoms with Gasteiger partial charge in [-0.2, -0.15) is 0 Å². The van der Waals surface area contributed by atoms with Gasteiger partial charge in [0, 0.05) is 25.3 Å². The monoisotopic (exact) mass is 456 g/mol. The van der Waals surface area contributed by atoms with Gasteiger partial charge < -0.3 is 15.5 Å². The molecule has 0 saturated carbocycles. The number of carbonyl (C=O) groups excluding carboxylic acids is 2. The Labute approximate surface area is 201 Å². The van der Waals surface area contributed by atoms with Crippen molar-refractivity contribution in [2.75, 3.05) is 28.6 Å². The minimum Gasteiger partial charge on any atom is -0.320 e. The van der Waals surface area contributed by atoms with Gasteiger partial charge in [0.2, 0.25) is 0 Å². The lowest BCUT2D eigenvalue weighted by molar-refractivity contribution is 0.192. The fourth-order valence-electron chi connectivity index (χ4n) is 4.24. The standard InChI is InChI=1S/C28H32N4O2/c1-19-7-11-24(12-8-19)29-27(33)30-25-17-21(3)9-13-26(25)32-15-5-14-31(28(32)34)18-23-16-20(2)6-10-22(23)4/h6-13,16-17H,5,14-15,18H2,1-4H3,(H2,29,30,33). The molecule has 6 heteroatoms. The van der Waals surface area contributed by atoms with E-state index in [4.69, 9.17) is 0 Å². The summed E-state index contributed by atoms with van der Waals surface area (Å²) >= 11 is 0. The average Bonchev–Trinajstić information content (AvgIpc) is 2.80. The maximum Gasteiger partial charge on any atom is 0.324 e. The highest BCUT2D eigenvalue weighted by molar-refractivity contribution is 6.04. The molecule has 1 heterocycles. The summed E-state index contributed by atoms with van der Waals surface area (Å²) in [6, 6.07) is 19.4. The first kappa shape index (κ1) is 23.4. The Morgan fingerprint density at radius 3 is 2.26 bits per heavy atom. The van der Waals surface area contributed by atoms with Crippen molar-refractivity contribution in [3.05, 3.63) is 88.5 Å². The van der Waals surface area contributed by atoms with Crippen molar-refractivity contribution < 1.29 is 9.59 Å². The summed E-state index contributed by atoms with van der Waals surface area (Å²) in [5.41, 5.74) is 7.70. The van der Waals surface area contributed by atoms with Crippen LogP contribution in [0.2, 0.25) is 0 Å². The number of amides is 4. The summed E-state index contributed by atoms with van der Waals surface area (Å²) < 4.78 is 0. The molecule has 3 aromatic rings. The quantitative estimate of drug-likeness (QED) is 0.467. The number of benzene rings is 3. The summed E-state index contributed by atoms with van der Waals surface area (Å²) in [7, 11) is 0. The first-order chi connectivity index (χ1) is 16.3. The number of hydrogen-bond donors (Lipinski definition) is 2. The maximum atomic E-state index is 13.5. The number of anilines is 3. The van der Waals surface area contributed by atoms with Gasteiger partial charge in [0.25, 0.3) is 0 Å². The van der Waals surface area contributed by atoms with Gasteiger partial charge in [-0.05, 0) is 75.1 Å². The third kappa shape index (κ3) is 5.39. The largest absolute Gasteiger partial charge is 0.324 e. The topological polar surface area (TPSA) is 64.7 Å². The highest BCUT2D eigenvalue weighted by Gasteiger charge is 2.29. The molecule has 4 rings (SSSR count). The van der Waals surface area contributed by atoms with E-state index in [-0.39, 0.29) is 12.1 Å². The minimum absolute atomic E-state index is 0.0435. The van der Waals surface area contributed by atoms with E-state index >= 15 is 0 Å². The fourth-order valence-corrected chi connectivity index (χ4v) is 4.24. The molecule has 176 valence electrons. The zero-order valence-corrected chi connectivity index (χ0v) is 20.3.